The van der Waals surface area contributed by atoms with Crippen molar-refractivity contribution in [3.8, 4) is 17.2 Å². The SMILES string of the molecule is COc1c(F)cc2c(c1C(=O)CN)OCO2. The van der Waals surface area contributed by atoms with Gasteiger partial charge in [0.2, 0.25) is 6.79 Å². The summed E-state index contributed by atoms with van der Waals surface area (Å²) in [6.45, 7) is -0.303. The highest BCUT2D eigenvalue weighted by atomic mass is 19.1. The van der Waals surface area contributed by atoms with E-state index in [1.807, 2.05) is 0 Å². The summed E-state index contributed by atoms with van der Waals surface area (Å²) in [5.74, 6) is -0.926. The highest BCUT2D eigenvalue weighted by Crippen LogP contribution is 2.42. The van der Waals surface area contributed by atoms with Crippen molar-refractivity contribution in [1.82, 2.24) is 0 Å². The highest BCUT2D eigenvalue weighted by Gasteiger charge is 2.28. The van der Waals surface area contributed by atoms with Crippen LogP contribution in [0.4, 0.5) is 4.39 Å². The lowest BCUT2D eigenvalue weighted by atomic mass is 10.1. The number of rotatable bonds is 3. The average molecular weight is 227 g/mol. The fraction of sp³-hybridized carbons (Fsp3) is 0.300. The van der Waals surface area contributed by atoms with Crippen LogP contribution >= 0.6 is 0 Å². The maximum Gasteiger partial charge on any atom is 0.231 e. The Morgan fingerprint density at radius 3 is 3.00 bits per heavy atom. The lowest BCUT2D eigenvalue weighted by molar-refractivity contribution is 0.0992. The maximum absolute atomic E-state index is 13.5. The van der Waals surface area contributed by atoms with E-state index in [1.165, 1.54) is 7.11 Å². The van der Waals surface area contributed by atoms with Crippen LogP contribution < -0.4 is 19.9 Å². The molecule has 0 saturated heterocycles. The Bertz CT molecular complexity index is 443. The molecule has 0 radical (unpaired) electrons. The number of hydrogen-bond acceptors (Lipinski definition) is 5. The molecule has 0 amide bonds. The minimum Gasteiger partial charge on any atom is -0.493 e. The van der Waals surface area contributed by atoms with Gasteiger partial charge in [0.05, 0.1) is 13.7 Å². The Labute approximate surface area is 90.9 Å². The second-order valence-electron chi connectivity index (χ2n) is 3.13. The summed E-state index contributed by atoms with van der Waals surface area (Å²) in [7, 11) is 1.27. The third kappa shape index (κ3) is 1.47. The molecular formula is C10H10FNO4. The summed E-state index contributed by atoms with van der Waals surface area (Å²) >= 11 is 0. The number of methoxy groups -OCH3 is 1. The largest absolute Gasteiger partial charge is 0.493 e. The highest BCUT2D eigenvalue weighted by molar-refractivity contribution is 6.03. The molecule has 5 nitrogen and oxygen atoms in total. The minimum absolute atomic E-state index is 0.00231. The van der Waals surface area contributed by atoms with Gasteiger partial charge in [-0.05, 0) is 0 Å². The second-order valence-corrected chi connectivity index (χ2v) is 3.13. The molecular weight excluding hydrogens is 217 g/mol. The van der Waals surface area contributed by atoms with Gasteiger partial charge < -0.3 is 19.9 Å². The molecule has 0 aromatic heterocycles. The zero-order valence-electron chi connectivity index (χ0n) is 8.58. The first kappa shape index (κ1) is 10.7. The van der Waals surface area contributed by atoms with Gasteiger partial charge in [0.25, 0.3) is 0 Å². The molecule has 2 N–H and O–H groups in total. The van der Waals surface area contributed by atoms with Gasteiger partial charge >= 0.3 is 0 Å². The zero-order valence-corrected chi connectivity index (χ0v) is 8.58. The fourth-order valence-corrected chi connectivity index (χ4v) is 1.55. The van der Waals surface area contributed by atoms with Crippen molar-refractivity contribution >= 4 is 5.78 Å². The third-order valence-electron chi connectivity index (χ3n) is 2.24. The summed E-state index contributed by atoms with van der Waals surface area (Å²) in [6.07, 6.45) is 0. The van der Waals surface area contributed by atoms with E-state index < -0.39 is 11.6 Å². The van der Waals surface area contributed by atoms with Crippen LogP contribution in [0.2, 0.25) is 0 Å². The van der Waals surface area contributed by atoms with Gasteiger partial charge in [0.15, 0.2) is 28.8 Å². The van der Waals surface area contributed by atoms with Gasteiger partial charge in [-0.15, -0.1) is 0 Å². The van der Waals surface area contributed by atoms with Crippen LogP contribution in [0.3, 0.4) is 0 Å². The number of benzene rings is 1. The van der Waals surface area contributed by atoms with Crippen molar-refractivity contribution in [1.29, 1.82) is 0 Å². The molecule has 0 unspecified atom stereocenters. The third-order valence-corrected chi connectivity index (χ3v) is 2.24. The van der Waals surface area contributed by atoms with Crippen molar-refractivity contribution in [2.24, 2.45) is 5.73 Å². The molecule has 0 spiro atoms. The molecule has 86 valence electrons. The number of ketones is 1. The van der Waals surface area contributed by atoms with E-state index in [-0.39, 0.29) is 36.1 Å². The monoisotopic (exact) mass is 227 g/mol. The Morgan fingerprint density at radius 1 is 1.62 bits per heavy atom. The summed E-state index contributed by atoms with van der Waals surface area (Å²) < 4.78 is 28.5. The van der Waals surface area contributed by atoms with Crippen LogP contribution in [-0.4, -0.2) is 26.2 Å². The predicted molar refractivity (Wildman–Crippen MR) is 52.5 cm³/mol. The number of Topliss-reactive ketones (excluding diaryl/α,β-unsaturated/α-hetero) is 1. The quantitative estimate of drug-likeness (QED) is 0.770. The van der Waals surface area contributed by atoms with Crippen molar-refractivity contribution in [2.45, 2.75) is 0 Å². The van der Waals surface area contributed by atoms with Gasteiger partial charge in [-0.25, -0.2) is 4.39 Å². The smallest absolute Gasteiger partial charge is 0.231 e. The number of hydrogen-bond donors (Lipinski definition) is 1. The normalized spacial score (nSPS) is 12.7. The Morgan fingerprint density at radius 2 is 2.38 bits per heavy atom. The van der Waals surface area contributed by atoms with Crippen LogP contribution in [0.1, 0.15) is 10.4 Å². The fourth-order valence-electron chi connectivity index (χ4n) is 1.55. The van der Waals surface area contributed by atoms with E-state index >= 15 is 0 Å². The molecule has 16 heavy (non-hydrogen) atoms. The van der Waals surface area contributed by atoms with E-state index in [0.29, 0.717) is 0 Å². The number of nitrogens with two attached hydrogens (primary N) is 1. The molecule has 1 aromatic carbocycles. The Kier molecular flexibility index (Phi) is 2.66. The average Bonchev–Trinajstić information content (AvgIpc) is 2.73. The van der Waals surface area contributed by atoms with E-state index in [2.05, 4.69) is 0 Å². The van der Waals surface area contributed by atoms with Gasteiger partial charge in [0, 0.05) is 6.07 Å². The maximum atomic E-state index is 13.5. The number of halogens is 1. The van der Waals surface area contributed by atoms with Gasteiger partial charge in [-0.3, -0.25) is 4.79 Å². The number of carbonyl (C=O) groups excluding carboxylic acids is 1. The van der Waals surface area contributed by atoms with Crippen LogP contribution in [0.15, 0.2) is 6.07 Å². The Balaban J connectivity index is 2.66. The molecule has 1 aliphatic heterocycles. The second kappa shape index (κ2) is 3.97. The minimum atomic E-state index is -0.677. The molecule has 6 heteroatoms. The van der Waals surface area contributed by atoms with Gasteiger partial charge in [-0.1, -0.05) is 0 Å². The molecule has 0 aliphatic carbocycles. The molecule has 0 bridgehead atoms. The number of carbonyl (C=O) groups is 1. The van der Waals surface area contributed by atoms with E-state index in [9.17, 15) is 9.18 Å². The first-order valence-electron chi connectivity index (χ1n) is 4.58. The molecule has 1 aromatic rings. The number of ether oxygens (including phenoxy) is 3. The molecule has 1 heterocycles. The topological polar surface area (TPSA) is 70.8 Å². The van der Waals surface area contributed by atoms with Gasteiger partial charge in [0.1, 0.15) is 5.56 Å². The summed E-state index contributed by atoms with van der Waals surface area (Å²) in [6, 6.07) is 1.12. The molecule has 0 saturated carbocycles. The summed E-state index contributed by atoms with van der Waals surface area (Å²) in [5.41, 5.74) is 5.25. The van der Waals surface area contributed by atoms with E-state index in [0.717, 1.165) is 6.07 Å². The first-order valence-corrected chi connectivity index (χ1v) is 4.58. The molecule has 2 rings (SSSR count). The standard InChI is InChI=1S/C10H10FNO4/c1-14-9-5(11)2-7-10(16-4-15-7)8(9)6(13)3-12/h2H,3-4,12H2,1H3. The van der Waals surface area contributed by atoms with E-state index in [4.69, 9.17) is 19.9 Å². The van der Waals surface area contributed by atoms with Crippen molar-refractivity contribution in [2.75, 3.05) is 20.4 Å². The lowest BCUT2D eigenvalue weighted by Crippen LogP contribution is -2.16. The molecule has 1 aliphatic rings. The lowest BCUT2D eigenvalue weighted by Gasteiger charge is -2.10. The van der Waals surface area contributed by atoms with Crippen molar-refractivity contribution in [3.05, 3.63) is 17.4 Å². The van der Waals surface area contributed by atoms with Crippen LogP contribution in [0.5, 0.6) is 17.2 Å². The van der Waals surface area contributed by atoms with Crippen molar-refractivity contribution < 1.29 is 23.4 Å². The first-order chi connectivity index (χ1) is 7.69. The molecule has 0 fully saturated rings. The summed E-state index contributed by atoms with van der Waals surface area (Å²) in [4.78, 5) is 11.6. The van der Waals surface area contributed by atoms with E-state index in [1.54, 1.807) is 0 Å². The van der Waals surface area contributed by atoms with Crippen LogP contribution in [0, 0.1) is 5.82 Å². The van der Waals surface area contributed by atoms with Crippen LogP contribution in [0.25, 0.3) is 0 Å². The predicted octanol–water partition coefficient (Wildman–Crippen LogP) is 0.704. The van der Waals surface area contributed by atoms with Crippen molar-refractivity contribution in [3.63, 3.8) is 0 Å². The zero-order chi connectivity index (χ0) is 11.7. The number of fused-ring (bicyclic) bond motifs is 1. The van der Waals surface area contributed by atoms with Gasteiger partial charge in [-0.2, -0.15) is 0 Å². The van der Waals surface area contributed by atoms with Crippen LogP contribution in [-0.2, 0) is 0 Å². The summed E-state index contributed by atoms with van der Waals surface area (Å²) in [5, 5.41) is 0. The molecule has 0 atom stereocenters. The Hall–Kier alpha value is -1.82.